The monoisotopic (exact) mass is 498 g/mol. The minimum atomic E-state index is -0.473. The number of unbranched alkanes of at least 4 members (excludes halogenated alkanes) is 1. The van der Waals surface area contributed by atoms with E-state index in [1.54, 1.807) is 7.05 Å². The highest BCUT2D eigenvalue weighted by molar-refractivity contribution is 14.0. The van der Waals surface area contributed by atoms with Gasteiger partial charge in [-0.1, -0.05) is 0 Å². The number of aliphatic imine (C=N–C) groups is 1. The number of halogens is 1. The summed E-state index contributed by atoms with van der Waals surface area (Å²) in [5, 5.41) is 9.21. The van der Waals surface area contributed by atoms with Crippen LogP contribution in [0.25, 0.3) is 0 Å². The molecule has 0 bridgehead atoms. The van der Waals surface area contributed by atoms with Gasteiger partial charge >= 0.3 is 6.09 Å². The van der Waals surface area contributed by atoms with Gasteiger partial charge in [0, 0.05) is 52.9 Å². The number of hydrogen-bond donors (Lipinski definition) is 3. The minimum absolute atomic E-state index is 0. The maximum absolute atomic E-state index is 11.6. The third-order valence-electron chi connectivity index (χ3n) is 4.10. The van der Waals surface area contributed by atoms with E-state index in [-0.39, 0.29) is 24.0 Å². The molecule has 1 rings (SSSR count). The number of hydrogen-bond acceptors (Lipinski definition) is 5. The van der Waals surface area contributed by atoms with Gasteiger partial charge in [0.2, 0.25) is 0 Å². The first-order valence-corrected chi connectivity index (χ1v) is 9.62. The van der Waals surface area contributed by atoms with Crippen molar-refractivity contribution in [2.45, 2.75) is 39.2 Å². The Labute approximate surface area is 181 Å². The molecule has 1 fully saturated rings. The number of piperazine rings is 1. The highest BCUT2D eigenvalue weighted by atomic mass is 127. The number of ether oxygens (including phenoxy) is 1. The van der Waals surface area contributed by atoms with Crippen LogP contribution in [0.15, 0.2) is 4.99 Å². The third kappa shape index (κ3) is 13.9. The Kier molecular flexibility index (Phi) is 13.8. The van der Waals surface area contributed by atoms with Crippen LogP contribution in [-0.4, -0.2) is 93.9 Å². The van der Waals surface area contributed by atoms with Crippen molar-refractivity contribution < 1.29 is 9.53 Å². The molecule has 1 saturated heterocycles. The van der Waals surface area contributed by atoms with Gasteiger partial charge in [-0.2, -0.15) is 0 Å². The van der Waals surface area contributed by atoms with Gasteiger partial charge in [-0.15, -0.1) is 24.0 Å². The molecule has 0 radical (unpaired) electrons. The van der Waals surface area contributed by atoms with Crippen molar-refractivity contribution in [3.8, 4) is 0 Å². The van der Waals surface area contributed by atoms with Crippen LogP contribution in [0, 0.1) is 0 Å². The van der Waals surface area contributed by atoms with E-state index in [0.29, 0.717) is 13.1 Å². The van der Waals surface area contributed by atoms with E-state index < -0.39 is 11.7 Å². The van der Waals surface area contributed by atoms with Crippen molar-refractivity contribution in [1.82, 2.24) is 25.8 Å². The molecule has 1 aliphatic heterocycles. The molecule has 0 saturated carbocycles. The predicted octanol–water partition coefficient (Wildman–Crippen LogP) is 1.32. The molecule has 0 unspecified atom stereocenters. The van der Waals surface area contributed by atoms with Crippen molar-refractivity contribution in [2.24, 2.45) is 4.99 Å². The van der Waals surface area contributed by atoms with Gasteiger partial charge in [0.15, 0.2) is 5.96 Å². The Morgan fingerprint density at radius 1 is 1.00 bits per heavy atom. The molecule has 0 aromatic rings. The Balaban J connectivity index is 0.00000676. The largest absolute Gasteiger partial charge is 0.444 e. The molecule has 3 N–H and O–H groups in total. The molecule has 0 aromatic heterocycles. The fraction of sp³-hybridized carbons (Fsp3) is 0.889. The van der Waals surface area contributed by atoms with Crippen LogP contribution in [0.1, 0.15) is 33.6 Å². The normalized spacial score (nSPS) is 16.4. The maximum atomic E-state index is 11.6. The number of alkyl carbamates (subject to hydrolysis) is 1. The number of nitrogens with zero attached hydrogens (tertiary/aromatic N) is 3. The molecule has 0 aromatic carbocycles. The van der Waals surface area contributed by atoms with Crippen LogP contribution >= 0.6 is 24.0 Å². The van der Waals surface area contributed by atoms with Crippen molar-refractivity contribution in [3.05, 3.63) is 0 Å². The summed E-state index contributed by atoms with van der Waals surface area (Å²) >= 11 is 0. The van der Waals surface area contributed by atoms with E-state index in [0.717, 1.165) is 18.9 Å². The number of amides is 1. The summed E-state index contributed by atoms with van der Waals surface area (Å²) in [5.74, 6) is 0.760. The lowest BCUT2D eigenvalue weighted by molar-refractivity contribution is 0.0529. The zero-order valence-corrected chi connectivity index (χ0v) is 20.0. The van der Waals surface area contributed by atoms with E-state index in [4.69, 9.17) is 4.74 Å². The van der Waals surface area contributed by atoms with Crippen molar-refractivity contribution in [3.63, 3.8) is 0 Å². The van der Waals surface area contributed by atoms with E-state index >= 15 is 0 Å². The second-order valence-electron chi connectivity index (χ2n) is 7.71. The van der Waals surface area contributed by atoms with Crippen LogP contribution in [0.3, 0.4) is 0 Å². The lowest BCUT2D eigenvalue weighted by Crippen LogP contribution is -2.45. The molecule has 8 nitrogen and oxygen atoms in total. The Morgan fingerprint density at radius 3 is 2.19 bits per heavy atom. The first-order valence-electron chi connectivity index (χ1n) is 9.62. The van der Waals surface area contributed by atoms with Gasteiger partial charge in [-0.3, -0.25) is 4.99 Å². The molecule has 1 heterocycles. The number of carbonyl (C=O) groups excluding carboxylic acids is 1. The smallest absolute Gasteiger partial charge is 0.407 e. The lowest BCUT2D eigenvalue weighted by Gasteiger charge is -2.32. The average molecular weight is 498 g/mol. The number of nitrogens with one attached hydrogen (secondary N) is 3. The highest BCUT2D eigenvalue weighted by Gasteiger charge is 2.15. The predicted molar refractivity (Wildman–Crippen MR) is 122 cm³/mol. The van der Waals surface area contributed by atoms with Gasteiger partial charge < -0.3 is 30.5 Å². The van der Waals surface area contributed by atoms with E-state index in [1.165, 1.54) is 39.1 Å². The fourth-order valence-corrected chi connectivity index (χ4v) is 2.62. The van der Waals surface area contributed by atoms with Gasteiger partial charge in [0.1, 0.15) is 5.60 Å². The molecular formula is C18H39IN6O2. The SMILES string of the molecule is CN=C(NCCCCN1CCN(C)CC1)NCCNC(=O)OC(C)(C)C.I. The Hall–Kier alpha value is -0.810. The van der Waals surface area contributed by atoms with Crippen LogP contribution < -0.4 is 16.0 Å². The van der Waals surface area contributed by atoms with Crippen molar-refractivity contribution in [1.29, 1.82) is 0 Å². The van der Waals surface area contributed by atoms with Crippen LogP contribution in [0.5, 0.6) is 0 Å². The number of guanidine groups is 1. The summed E-state index contributed by atoms with van der Waals surface area (Å²) in [6.45, 7) is 13.4. The number of carbonyl (C=O) groups is 1. The lowest BCUT2D eigenvalue weighted by atomic mass is 10.2. The molecule has 1 aliphatic rings. The average Bonchev–Trinajstić information content (AvgIpc) is 2.56. The molecule has 160 valence electrons. The Bertz CT molecular complexity index is 434. The second kappa shape index (κ2) is 14.2. The molecule has 1 amide bonds. The summed E-state index contributed by atoms with van der Waals surface area (Å²) < 4.78 is 5.19. The molecule has 0 spiro atoms. The van der Waals surface area contributed by atoms with E-state index in [2.05, 4.69) is 37.8 Å². The van der Waals surface area contributed by atoms with Gasteiger partial charge in [0.25, 0.3) is 0 Å². The summed E-state index contributed by atoms with van der Waals surface area (Å²) in [4.78, 5) is 20.7. The van der Waals surface area contributed by atoms with Gasteiger partial charge in [0.05, 0.1) is 0 Å². The molecule has 9 heteroatoms. The van der Waals surface area contributed by atoms with Crippen molar-refractivity contribution in [2.75, 3.05) is 66.5 Å². The summed E-state index contributed by atoms with van der Waals surface area (Å²) in [5.41, 5.74) is -0.473. The summed E-state index contributed by atoms with van der Waals surface area (Å²) in [6.07, 6.45) is 1.91. The molecular weight excluding hydrogens is 459 g/mol. The zero-order valence-electron chi connectivity index (χ0n) is 17.6. The van der Waals surface area contributed by atoms with Crippen LogP contribution in [0.4, 0.5) is 4.79 Å². The number of rotatable bonds is 8. The van der Waals surface area contributed by atoms with Gasteiger partial charge in [-0.05, 0) is 47.2 Å². The highest BCUT2D eigenvalue weighted by Crippen LogP contribution is 2.06. The quantitative estimate of drug-likeness (QED) is 0.203. The molecule has 27 heavy (non-hydrogen) atoms. The summed E-state index contributed by atoms with van der Waals surface area (Å²) in [6, 6.07) is 0. The first-order chi connectivity index (χ1) is 12.3. The second-order valence-corrected chi connectivity index (χ2v) is 7.71. The Morgan fingerprint density at radius 2 is 1.59 bits per heavy atom. The fourth-order valence-electron chi connectivity index (χ4n) is 2.62. The van der Waals surface area contributed by atoms with Gasteiger partial charge in [-0.25, -0.2) is 4.79 Å². The number of likely N-dealkylation sites (N-methyl/N-ethyl adjacent to an activating group) is 1. The van der Waals surface area contributed by atoms with Crippen LogP contribution in [0.2, 0.25) is 0 Å². The third-order valence-corrected chi connectivity index (χ3v) is 4.10. The minimum Gasteiger partial charge on any atom is -0.444 e. The van der Waals surface area contributed by atoms with E-state index in [1.807, 2.05) is 20.8 Å². The van der Waals surface area contributed by atoms with Crippen LogP contribution in [-0.2, 0) is 4.74 Å². The summed E-state index contributed by atoms with van der Waals surface area (Å²) in [7, 11) is 3.93. The van der Waals surface area contributed by atoms with Crippen molar-refractivity contribution >= 4 is 36.0 Å². The maximum Gasteiger partial charge on any atom is 0.407 e. The zero-order chi connectivity index (χ0) is 19.4. The molecule has 0 atom stereocenters. The molecule has 0 aliphatic carbocycles. The topological polar surface area (TPSA) is 81.2 Å². The standard InChI is InChI=1S/C18H38N6O2.HI/c1-18(2,3)26-17(25)22-10-9-21-16(19-4)20-8-6-7-11-24-14-12-23(5)13-15-24;/h6-15H2,1-5H3,(H,22,25)(H2,19,20,21);1H. The first kappa shape index (κ1) is 26.2. The van der Waals surface area contributed by atoms with E-state index in [9.17, 15) is 4.79 Å².